The van der Waals surface area contributed by atoms with Crippen molar-refractivity contribution < 1.29 is 19.1 Å². The number of primary amides is 1. The van der Waals surface area contributed by atoms with Gasteiger partial charge in [0.1, 0.15) is 11.3 Å². The zero-order chi connectivity index (χ0) is 28.1. The van der Waals surface area contributed by atoms with Crippen molar-refractivity contribution in [3.8, 4) is 34.0 Å². The van der Waals surface area contributed by atoms with Gasteiger partial charge in [0.05, 0.1) is 11.2 Å². The fourth-order valence-corrected chi connectivity index (χ4v) is 5.23. The van der Waals surface area contributed by atoms with E-state index in [9.17, 15) is 9.59 Å². The van der Waals surface area contributed by atoms with Crippen LogP contribution in [0.25, 0.3) is 28.1 Å². The zero-order valence-corrected chi connectivity index (χ0v) is 22.6. The molecule has 0 saturated heterocycles. The first-order chi connectivity index (χ1) is 19.1. The number of benzene rings is 2. The molecule has 1 aliphatic carbocycles. The quantitative estimate of drug-likeness (QED) is 0.369. The smallest absolute Gasteiger partial charge is 0.408 e. The van der Waals surface area contributed by atoms with Crippen molar-refractivity contribution in [2.75, 3.05) is 0 Å². The highest BCUT2D eigenvalue weighted by Crippen LogP contribution is 2.43. The van der Waals surface area contributed by atoms with Gasteiger partial charge < -0.3 is 20.5 Å². The molecule has 10 nitrogen and oxygen atoms in total. The van der Waals surface area contributed by atoms with Gasteiger partial charge in [-0.15, -0.1) is 10.2 Å². The number of pyridine rings is 1. The molecular formula is C30H30N6O4. The number of nitrogens with two attached hydrogens (primary N) is 1. The van der Waals surface area contributed by atoms with Gasteiger partial charge in [-0.3, -0.25) is 9.36 Å². The van der Waals surface area contributed by atoms with Crippen molar-refractivity contribution in [2.45, 2.75) is 57.8 Å². The number of fused-ring (bicyclic) bond motifs is 3. The largest absolute Gasteiger partial charge is 0.468 e. The molecule has 0 bridgehead atoms. The van der Waals surface area contributed by atoms with Crippen molar-refractivity contribution >= 4 is 12.0 Å². The molecule has 2 aromatic heterocycles. The predicted octanol–water partition coefficient (Wildman–Crippen LogP) is 4.89. The van der Waals surface area contributed by atoms with E-state index in [4.69, 9.17) is 20.2 Å². The number of amides is 2. The van der Waals surface area contributed by atoms with Crippen LogP contribution in [0, 0.1) is 0 Å². The molecule has 204 valence electrons. The number of aromatic nitrogens is 4. The number of nitrogens with zero attached hydrogens (tertiary/aromatic N) is 4. The van der Waals surface area contributed by atoms with Crippen molar-refractivity contribution in [3.05, 3.63) is 77.9 Å². The highest BCUT2D eigenvalue weighted by atomic mass is 16.6. The zero-order valence-electron chi connectivity index (χ0n) is 22.6. The Balaban J connectivity index is 1.41. The van der Waals surface area contributed by atoms with Crippen LogP contribution in [0.2, 0.25) is 0 Å². The van der Waals surface area contributed by atoms with E-state index in [1.807, 2.05) is 81.4 Å². The number of ether oxygens (including phenoxy) is 2. The molecule has 2 amide bonds. The minimum absolute atomic E-state index is 0.0285. The lowest BCUT2D eigenvalue weighted by atomic mass is 9.71. The summed E-state index contributed by atoms with van der Waals surface area (Å²) in [5, 5.41) is 11.1. The van der Waals surface area contributed by atoms with Crippen molar-refractivity contribution in [2.24, 2.45) is 5.73 Å². The summed E-state index contributed by atoms with van der Waals surface area (Å²) >= 11 is 0. The average Bonchev–Trinajstić information content (AvgIpc) is 3.35. The maximum atomic E-state index is 12.6. The lowest BCUT2D eigenvalue weighted by Crippen LogP contribution is -2.52. The van der Waals surface area contributed by atoms with E-state index in [1.54, 1.807) is 4.57 Å². The molecule has 2 aliphatic rings. The van der Waals surface area contributed by atoms with Crippen LogP contribution < -0.4 is 15.8 Å². The third-order valence-electron chi connectivity index (χ3n) is 7.24. The van der Waals surface area contributed by atoms with Gasteiger partial charge in [-0.25, -0.2) is 9.78 Å². The molecule has 10 heteroatoms. The Bertz CT molecular complexity index is 1600. The maximum Gasteiger partial charge on any atom is 0.408 e. The number of hydrogen-bond acceptors (Lipinski definition) is 7. The van der Waals surface area contributed by atoms with Crippen LogP contribution in [-0.4, -0.2) is 37.3 Å². The molecule has 0 unspecified atom stereocenters. The topological polar surface area (TPSA) is 134 Å². The summed E-state index contributed by atoms with van der Waals surface area (Å²) in [5.74, 6) is 0.177. The highest BCUT2D eigenvalue weighted by molar-refractivity contribution is 5.90. The summed E-state index contributed by atoms with van der Waals surface area (Å²) in [7, 11) is 0. The molecule has 4 aromatic rings. The van der Waals surface area contributed by atoms with Crippen LogP contribution >= 0.6 is 0 Å². The number of carbonyl (C=O) groups excluding carboxylic acids is 2. The molecule has 6 rings (SSSR count). The second-order valence-corrected chi connectivity index (χ2v) is 11.1. The molecule has 1 aliphatic heterocycles. The summed E-state index contributed by atoms with van der Waals surface area (Å²) < 4.78 is 13.1. The van der Waals surface area contributed by atoms with E-state index in [2.05, 4.69) is 15.5 Å². The Morgan fingerprint density at radius 1 is 1.02 bits per heavy atom. The first-order valence-electron chi connectivity index (χ1n) is 13.2. The third-order valence-corrected chi connectivity index (χ3v) is 7.24. The predicted molar refractivity (Wildman–Crippen MR) is 148 cm³/mol. The molecule has 0 atom stereocenters. The molecule has 3 heterocycles. The van der Waals surface area contributed by atoms with E-state index in [0.29, 0.717) is 17.4 Å². The number of hydrogen-bond donors (Lipinski definition) is 2. The highest BCUT2D eigenvalue weighted by Gasteiger charge is 2.41. The molecule has 1 saturated carbocycles. The minimum Gasteiger partial charge on any atom is -0.468 e. The number of carbonyl (C=O) groups is 2. The molecule has 3 N–H and O–H groups in total. The Labute approximate surface area is 231 Å². The molecule has 1 fully saturated rings. The van der Waals surface area contributed by atoms with Crippen LogP contribution in [0.15, 0.2) is 60.7 Å². The molecule has 40 heavy (non-hydrogen) atoms. The second kappa shape index (κ2) is 9.48. The van der Waals surface area contributed by atoms with Crippen LogP contribution in [0.5, 0.6) is 5.88 Å². The summed E-state index contributed by atoms with van der Waals surface area (Å²) in [6.45, 7) is 5.68. The Morgan fingerprint density at radius 2 is 1.75 bits per heavy atom. The summed E-state index contributed by atoms with van der Waals surface area (Å²) in [5.41, 5.74) is 9.51. The molecule has 2 aromatic carbocycles. The lowest BCUT2D eigenvalue weighted by molar-refractivity contribution is 0.0377. The Hall–Kier alpha value is -4.73. The Morgan fingerprint density at radius 3 is 2.38 bits per heavy atom. The van der Waals surface area contributed by atoms with Gasteiger partial charge in [0.2, 0.25) is 11.7 Å². The summed E-state index contributed by atoms with van der Waals surface area (Å²) in [6, 6.07) is 19.9. The fourth-order valence-electron chi connectivity index (χ4n) is 5.23. The Kier molecular flexibility index (Phi) is 6.05. The number of alkyl carbamates (subject to hydrolysis) is 1. The van der Waals surface area contributed by atoms with E-state index in [0.717, 1.165) is 47.2 Å². The third kappa shape index (κ3) is 4.55. The summed E-state index contributed by atoms with van der Waals surface area (Å²) in [6.07, 6.45) is 2.29. The standard InChI is InChI=1S/C30H30N6O4/c1-29(2,3)40-28(38)33-30(14-7-15-30)20-12-10-19(11-13-20)24-21(18-8-5-4-6-9-18)16-22-27(32-24)39-17-23-34-35-26(25(31)37)36(22)23/h4-6,8-13,16H,7,14-15,17H2,1-3H3,(H2,31,37)(H,33,38). The van der Waals surface area contributed by atoms with Crippen LogP contribution in [0.3, 0.4) is 0 Å². The van der Waals surface area contributed by atoms with Crippen molar-refractivity contribution in [1.29, 1.82) is 0 Å². The molecule has 0 spiro atoms. The fraction of sp³-hybridized carbons (Fsp3) is 0.300. The van der Waals surface area contributed by atoms with Crippen LogP contribution in [0.1, 0.15) is 62.0 Å². The number of rotatable bonds is 5. The SMILES string of the molecule is CC(C)(C)OC(=O)NC1(c2ccc(-c3nc4c(cc3-c3ccccc3)-n3c(nnc3C(N)=O)CO4)cc2)CCC1. The van der Waals surface area contributed by atoms with E-state index < -0.39 is 23.1 Å². The van der Waals surface area contributed by atoms with E-state index in [-0.39, 0.29) is 12.4 Å². The van der Waals surface area contributed by atoms with Gasteiger partial charge >= 0.3 is 6.09 Å². The van der Waals surface area contributed by atoms with E-state index >= 15 is 0 Å². The van der Waals surface area contributed by atoms with Gasteiger partial charge in [0, 0.05) is 11.1 Å². The summed E-state index contributed by atoms with van der Waals surface area (Å²) in [4.78, 5) is 29.6. The van der Waals surface area contributed by atoms with Crippen LogP contribution in [0.4, 0.5) is 4.79 Å². The van der Waals surface area contributed by atoms with Gasteiger partial charge in [-0.1, -0.05) is 54.6 Å². The van der Waals surface area contributed by atoms with Gasteiger partial charge in [0.25, 0.3) is 5.91 Å². The second-order valence-electron chi connectivity index (χ2n) is 11.1. The van der Waals surface area contributed by atoms with E-state index in [1.165, 1.54) is 0 Å². The van der Waals surface area contributed by atoms with Gasteiger partial charge in [-0.2, -0.15) is 0 Å². The van der Waals surface area contributed by atoms with Crippen LogP contribution in [-0.2, 0) is 16.9 Å². The molecule has 0 radical (unpaired) electrons. The first kappa shape index (κ1) is 25.5. The number of nitrogens with one attached hydrogen (secondary N) is 1. The normalized spacial score (nSPS) is 15.2. The lowest BCUT2D eigenvalue weighted by Gasteiger charge is -2.43. The minimum atomic E-state index is -0.683. The van der Waals surface area contributed by atoms with Crippen molar-refractivity contribution in [1.82, 2.24) is 25.1 Å². The van der Waals surface area contributed by atoms with Crippen molar-refractivity contribution in [3.63, 3.8) is 0 Å². The first-order valence-corrected chi connectivity index (χ1v) is 13.2. The molecular weight excluding hydrogens is 508 g/mol. The monoisotopic (exact) mass is 538 g/mol. The van der Waals surface area contributed by atoms with Gasteiger partial charge in [-0.05, 0) is 57.2 Å². The van der Waals surface area contributed by atoms with Gasteiger partial charge in [0.15, 0.2) is 12.4 Å². The average molecular weight is 539 g/mol. The maximum absolute atomic E-state index is 12.6.